The average molecular weight is 732 g/mol. The zero-order chi connectivity index (χ0) is 39.6. The van der Waals surface area contributed by atoms with Crippen LogP contribution in [0.25, 0.3) is 55.4 Å². The van der Waals surface area contributed by atoms with E-state index in [0.717, 1.165) is 62.7 Å². The summed E-state index contributed by atoms with van der Waals surface area (Å²) in [5.74, 6) is 0.321. The Labute approximate surface area is 326 Å². The van der Waals surface area contributed by atoms with E-state index in [1.807, 2.05) is 12.3 Å². The van der Waals surface area contributed by atoms with Gasteiger partial charge in [-0.05, 0) is 117 Å². The first-order chi connectivity index (χ1) is 25.9. The van der Waals surface area contributed by atoms with Gasteiger partial charge in [-0.1, -0.05) is 130 Å². The summed E-state index contributed by atoms with van der Waals surface area (Å²) in [6.45, 7) is 25.2. The SMILES string of the molecule is [2H]C1(c2cc(C(C)C)c(-c3ccnc(-c4ccc(C(C)C)c5c4oc4c(-c6ccc(C(C)(C)C)cc6)c(C#N)ccc45)c3)c(C(C)C)c2)CC[Si](C)(C)CC1. The van der Waals surface area contributed by atoms with Crippen molar-refractivity contribution >= 4 is 30.0 Å². The Hall–Kier alpha value is -4.46. The first-order valence-corrected chi connectivity index (χ1v) is 23.5. The van der Waals surface area contributed by atoms with Crippen molar-refractivity contribution in [2.24, 2.45) is 0 Å². The minimum Gasteiger partial charge on any atom is -0.455 e. The molecule has 54 heavy (non-hydrogen) atoms. The predicted octanol–water partition coefficient (Wildman–Crippen LogP) is 15.1. The average Bonchev–Trinajstić information content (AvgIpc) is 3.54. The van der Waals surface area contributed by atoms with Crippen molar-refractivity contribution in [1.82, 2.24) is 4.98 Å². The molecule has 0 spiro atoms. The fourth-order valence-electron chi connectivity index (χ4n) is 8.56. The normalized spacial score (nSPS) is 16.1. The van der Waals surface area contributed by atoms with Crippen LogP contribution in [-0.4, -0.2) is 13.1 Å². The number of furan rings is 1. The van der Waals surface area contributed by atoms with E-state index in [9.17, 15) is 6.63 Å². The zero-order valence-corrected chi connectivity index (χ0v) is 35.4. The highest BCUT2D eigenvalue weighted by molar-refractivity contribution is 6.77. The molecule has 0 aliphatic carbocycles. The first-order valence-electron chi connectivity index (χ1n) is 20.6. The molecule has 1 fully saturated rings. The van der Waals surface area contributed by atoms with E-state index >= 15 is 0 Å². The molecular weight excluding hydrogens is 673 g/mol. The molecule has 2 aromatic heterocycles. The van der Waals surface area contributed by atoms with Gasteiger partial charge in [0.2, 0.25) is 0 Å². The lowest BCUT2D eigenvalue weighted by molar-refractivity contribution is 0.590. The number of fused-ring (bicyclic) bond motifs is 3. The van der Waals surface area contributed by atoms with Crippen molar-refractivity contribution in [3.63, 3.8) is 0 Å². The molecule has 0 unspecified atom stereocenters. The van der Waals surface area contributed by atoms with Gasteiger partial charge in [0, 0.05) is 37.5 Å². The van der Waals surface area contributed by atoms with Crippen LogP contribution in [0, 0.1) is 11.3 Å². The summed E-state index contributed by atoms with van der Waals surface area (Å²) in [5.41, 5.74) is 14.4. The summed E-state index contributed by atoms with van der Waals surface area (Å²) in [7, 11) is -1.21. The highest BCUT2D eigenvalue weighted by atomic mass is 28.3. The quantitative estimate of drug-likeness (QED) is 0.154. The number of pyridine rings is 1. The van der Waals surface area contributed by atoms with Gasteiger partial charge in [0.1, 0.15) is 11.2 Å². The number of nitriles is 1. The third-order valence-corrected chi connectivity index (χ3v) is 15.2. The maximum absolute atomic E-state index is 10.4. The summed E-state index contributed by atoms with van der Waals surface area (Å²) in [6.07, 6.45) is 3.85. The molecule has 0 N–H and O–H groups in total. The standard InChI is InChI=1S/C50H58N2OSi/c1-30(2)39-18-19-40(48-47(39)41-17-14-36(29-51)45(49(41)53-48)34-12-15-38(16-13-34)50(7,8)9)44-28-35(20-23-52-44)46-42(31(3)4)26-37(27-43(46)32(5)6)33-21-24-54(10,11)25-22-33/h12-20,23,26-28,30-33H,21-22,24-25H2,1-11H3/i33D. The summed E-state index contributed by atoms with van der Waals surface area (Å²) >= 11 is 0. The molecule has 0 radical (unpaired) electrons. The molecule has 0 saturated carbocycles. The molecule has 0 atom stereocenters. The van der Waals surface area contributed by atoms with Gasteiger partial charge in [0.25, 0.3) is 0 Å². The van der Waals surface area contributed by atoms with Gasteiger partial charge in [-0.15, -0.1) is 0 Å². The first kappa shape index (κ1) is 36.5. The second kappa shape index (κ2) is 14.3. The van der Waals surface area contributed by atoms with Crippen LogP contribution in [0.1, 0.15) is 134 Å². The van der Waals surface area contributed by atoms with E-state index < -0.39 is 14.0 Å². The molecule has 7 rings (SSSR count). The highest BCUT2D eigenvalue weighted by Gasteiger charge is 2.31. The summed E-state index contributed by atoms with van der Waals surface area (Å²) in [5, 5.41) is 12.5. The van der Waals surface area contributed by atoms with Crippen LogP contribution in [-0.2, 0) is 5.41 Å². The van der Waals surface area contributed by atoms with Crippen molar-refractivity contribution in [2.75, 3.05) is 0 Å². The Kier molecular flexibility index (Phi) is 9.68. The van der Waals surface area contributed by atoms with Gasteiger partial charge in [0.15, 0.2) is 0 Å². The summed E-state index contributed by atoms with van der Waals surface area (Å²) in [6, 6.07) is 31.0. The fraction of sp³-hybridized carbons (Fsp3) is 0.400. The minimum atomic E-state index is -1.21. The third kappa shape index (κ3) is 6.97. The van der Waals surface area contributed by atoms with Gasteiger partial charge in [-0.2, -0.15) is 5.26 Å². The topological polar surface area (TPSA) is 49.8 Å². The molecule has 4 aromatic carbocycles. The molecule has 3 nitrogen and oxygen atoms in total. The Morgan fingerprint density at radius 1 is 0.759 bits per heavy atom. The molecular formula is C50H58N2OSi. The third-order valence-electron chi connectivity index (χ3n) is 12.0. The molecule has 6 aromatic rings. The van der Waals surface area contributed by atoms with Gasteiger partial charge in [-0.25, -0.2) is 0 Å². The number of rotatable bonds is 7. The molecule has 0 bridgehead atoms. The minimum absolute atomic E-state index is 0.0242. The summed E-state index contributed by atoms with van der Waals surface area (Å²) < 4.78 is 16.7. The molecule has 4 heteroatoms. The van der Waals surface area contributed by atoms with Crippen molar-refractivity contribution in [2.45, 2.75) is 129 Å². The number of nitrogens with zero attached hydrogens (tertiary/aromatic N) is 2. The second-order valence-electron chi connectivity index (χ2n) is 18.5. The van der Waals surface area contributed by atoms with Crippen molar-refractivity contribution in [1.29, 1.82) is 5.26 Å². The van der Waals surface area contributed by atoms with Crippen LogP contribution in [0.2, 0.25) is 25.2 Å². The maximum Gasteiger partial charge on any atom is 0.145 e. The number of aromatic nitrogens is 1. The molecule has 1 aliphatic rings. The number of benzene rings is 4. The van der Waals surface area contributed by atoms with E-state index in [2.05, 4.69) is 148 Å². The van der Waals surface area contributed by atoms with Crippen molar-refractivity contribution < 1.29 is 5.79 Å². The van der Waals surface area contributed by atoms with Gasteiger partial charge in [-0.3, -0.25) is 4.98 Å². The highest BCUT2D eigenvalue weighted by Crippen LogP contribution is 2.47. The lowest BCUT2D eigenvalue weighted by Crippen LogP contribution is -2.30. The van der Waals surface area contributed by atoms with E-state index in [0.29, 0.717) is 17.4 Å². The smallest absolute Gasteiger partial charge is 0.145 e. The lowest BCUT2D eigenvalue weighted by Gasteiger charge is -2.34. The Balaban J connectivity index is 1.43. The van der Waals surface area contributed by atoms with Crippen molar-refractivity contribution in [3.8, 4) is 39.6 Å². The maximum atomic E-state index is 10.4. The number of hydrogen-bond acceptors (Lipinski definition) is 3. The van der Waals surface area contributed by atoms with E-state index in [1.165, 1.54) is 45.5 Å². The van der Waals surface area contributed by atoms with E-state index in [4.69, 9.17) is 9.40 Å². The summed E-state index contributed by atoms with van der Waals surface area (Å²) in [4.78, 5) is 5.00. The Morgan fingerprint density at radius 2 is 1.39 bits per heavy atom. The predicted molar refractivity (Wildman–Crippen MR) is 233 cm³/mol. The van der Waals surface area contributed by atoms with Crippen LogP contribution in [0.5, 0.6) is 0 Å². The molecule has 1 aliphatic heterocycles. The van der Waals surface area contributed by atoms with Crippen LogP contribution in [0.15, 0.2) is 83.4 Å². The Bertz CT molecular complexity index is 2410. The molecule has 0 amide bonds. The monoisotopic (exact) mass is 731 g/mol. The lowest BCUT2D eigenvalue weighted by atomic mass is 9.80. The molecule has 3 heterocycles. The van der Waals surface area contributed by atoms with Crippen LogP contribution < -0.4 is 0 Å². The van der Waals surface area contributed by atoms with Gasteiger partial charge < -0.3 is 4.42 Å². The Morgan fingerprint density at radius 3 is 1.96 bits per heavy atom. The molecule has 278 valence electrons. The van der Waals surface area contributed by atoms with Crippen LogP contribution in [0.3, 0.4) is 0 Å². The van der Waals surface area contributed by atoms with E-state index in [-0.39, 0.29) is 11.3 Å². The van der Waals surface area contributed by atoms with Crippen LogP contribution >= 0.6 is 0 Å². The van der Waals surface area contributed by atoms with E-state index in [1.54, 1.807) is 0 Å². The number of hydrogen-bond donors (Lipinski definition) is 0. The van der Waals surface area contributed by atoms with Gasteiger partial charge >= 0.3 is 0 Å². The van der Waals surface area contributed by atoms with Crippen LogP contribution in [0.4, 0.5) is 0 Å². The van der Waals surface area contributed by atoms with Crippen molar-refractivity contribution in [3.05, 3.63) is 112 Å². The van der Waals surface area contributed by atoms with Gasteiger partial charge in [0.05, 0.1) is 17.3 Å². The second-order valence-corrected chi connectivity index (χ2v) is 23.8. The molecule has 1 saturated heterocycles. The zero-order valence-electron chi connectivity index (χ0n) is 35.4. The fourth-order valence-corrected chi connectivity index (χ4v) is 10.8. The largest absolute Gasteiger partial charge is 0.455 e.